The van der Waals surface area contributed by atoms with Crippen molar-refractivity contribution >= 4 is 11.8 Å². The number of halogens is 4. The highest BCUT2D eigenvalue weighted by molar-refractivity contribution is 7.99. The molecule has 1 aliphatic heterocycles. The van der Waals surface area contributed by atoms with Gasteiger partial charge in [0.05, 0.1) is 5.56 Å². The highest BCUT2D eigenvalue weighted by atomic mass is 32.2. The minimum absolute atomic E-state index is 0.240. The van der Waals surface area contributed by atoms with Crippen molar-refractivity contribution in [1.29, 1.82) is 0 Å². The van der Waals surface area contributed by atoms with Gasteiger partial charge < -0.3 is 10.2 Å². The summed E-state index contributed by atoms with van der Waals surface area (Å²) in [4.78, 5) is 2.32. The standard InChI is InChI=1S/C14H18F4N2S/c15-13-8-11(7-12(9-13)14(16,17)18)10-19-1-2-20-3-5-21-6-4-20/h7-9,19H,1-6,10H2. The first kappa shape index (κ1) is 16.6. The van der Waals surface area contributed by atoms with E-state index in [0.29, 0.717) is 18.2 Å². The zero-order valence-corrected chi connectivity index (χ0v) is 12.4. The lowest BCUT2D eigenvalue weighted by atomic mass is 10.1. The monoisotopic (exact) mass is 322 g/mol. The molecule has 1 fully saturated rings. The van der Waals surface area contributed by atoms with Crippen LogP contribution in [0.5, 0.6) is 0 Å². The van der Waals surface area contributed by atoms with Crippen LogP contribution in [-0.4, -0.2) is 42.6 Å². The summed E-state index contributed by atoms with van der Waals surface area (Å²) < 4.78 is 51.0. The second-order valence-corrected chi connectivity index (χ2v) is 6.20. The number of nitrogens with zero attached hydrogens (tertiary/aromatic N) is 1. The molecule has 0 saturated carbocycles. The predicted octanol–water partition coefficient (Wildman–Crippen LogP) is 2.98. The van der Waals surface area contributed by atoms with E-state index in [1.165, 1.54) is 0 Å². The third kappa shape index (κ3) is 5.48. The number of nitrogens with one attached hydrogen (secondary N) is 1. The van der Waals surface area contributed by atoms with Crippen LogP contribution in [0.4, 0.5) is 17.6 Å². The van der Waals surface area contributed by atoms with E-state index in [-0.39, 0.29) is 6.54 Å². The maximum atomic E-state index is 13.2. The zero-order chi connectivity index (χ0) is 15.3. The fourth-order valence-electron chi connectivity index (χ4n) is 2.21. The van der Waals surface area contributed by atoms with Gasteiger partial charge in [0, 0.05) is 44.2 Å². The van der Waals surface area contributed by atoms with Gasteiger partial charge in [0.1, 0.15) is 5.82 Å². The molecule has 0 bridgehead atoms. The van der Waals surface area contributed by atoms with Gasteiger partial charge >= 0.3 is 6.18 Å². The van der Waals surface area contributed by atoms with Crippen molar-refractivity contribution in [2.24, 2.45) is 0 Å². The SMILES string of the molecule is Fc1cc(CNCCN2CCSCC2)cc(C(F)(F)F)c1. The molecule has 0 radical (unpaired) electrons. The van der Waals surface area contributed by atoms with Crippen LogP contribution in [0.15, 0.2) is 18.2 Å². The van der Waals surface area contributed by atoms with Crippen LogP contribution in [0.3, 0.4) is 0 Å². The van der Waals surface area contributed by atoms with E-state index in [9.17, 15) is 17.6 Å². The Labute approximate surface area is 125 Å². The van der Waals surface area contributed by atoms with E-state index in [1.807, 2.05) is 11.8 Å². The Kier molecular flexibility index (Phi) is 5.89. The van der Waals surface area contributed by atoms with E-state index in [1.54, 1.807) is 0 Å². The molecule has 118 valence electrons. The first-order valence-corrected chi connectivity index (χ1v) is 7.98. The molecule has 0 unspecified atom stereocenters. The molecule has 1 saturated heterocycles. The smallest absolute Gasteiger partial charge is 0.311 e. The summed E-state index contributed by atoms with van der Waals surface area (Å²) in [6.07, 6.45) is -4.51. The Morgan fingerprint density at radius 3 is 2.52 bits per heavy atom. The van der Waals surface area contributed by atoms with E-state index < -0.39 is 17.6 Å². The van der Waals surface area contributed by atoms with Gasteiger partial charge in [-0.25, -0.2) is 4.39 Å². The normalized spacial score (nSPS) is 17.1. The van der Waals surface area contributed by atoms with E-state index in [0.717, 1.165) is 43.3 Å². The molecule has 0 spiro atoms. The third-order valence-electron chi connectivity index (χ3n) is 3.32. The average Bonchev–Trinajstić information content (AvgIpc) is 2.43. The van der Waals surface area contributed by atoms with Crippen molar-refractivity contribution in [2.75, 3.05) is 37.7 Å². The zero-order valence-electron chi connectivity index (χ0n) is 11.5. The minimum Gasteiger partial charge on any atom is -0.311 e. The molecule has 7 heteroatoms. The average molecular weight is 322 g/mol. The highest BCUT2D eigenvalue weighted by Crippen LogP contribution is 2.30. The number of thioether (sulfide) groups is 1. The van der Waals surface area contributed by atoms with Crippen LogP contribution < -0.4 is 5.32 Å². The first-order valence-electron chi connectivity index (χ1n) is 6.82. The van der Waals surface area contributed by atoms with Crippen molar-refractivity contribution < 1.29 is 17.6 Å². The first-order chi connectivity index (χ1) is 9.95. The maximum absolute atomic E-state index is 13.2. The van der Waals surface area contributed by atoms with Crippen LogP contribution in [-0.2, 0) is 12.7 Å². The second kappa shape index (κ2) is 7.47. The van der Waals surface area contributed by atoms with Crippen molar-refractivity contribution in [1.82, 2.24) is 10.2 Å². The molecule has 2 nitrogen and oxygen atoms in total. The minimum atomic E-state index is -4.51. The Morgan fingerprint density at radius 1 is 1.14 bits per heavy atom. The van der Waals surface area contributed by atoms with Crippen molar-refractivity contribution in [2.45, 2.75) is 12.7 Å². The van der Waals surface area contributed by atoms with Gasteiger partial charge in [0.2, 0.25) is 0 Å². The summed E-state index contributed by atoms with van der Waals surface area (Å²) in [7, 11) is 0. The molecule has 21 heavy (non-hydrogen) atoms. The van der Waals surface area contributed by atoms with Crippen molar-refractivity contribution in [3.05, 3.63) is 35.1 Å². The Balaban J connectivity index is 1.81. The summed E-state index contributed by atoms with van der Waals surface area (Å²) in [6, 6.07) is 2.66. The summed E-state index contributed by atoms with van der Waals surface area (Å²) in [5.41, 5.74) is -0.621. The molecular formula is C14H18F4N2S. The summed E-state index contributed by atoms with van der Waals surface area (Å²) in [5.74, 6) is 1.40. The molecule has 1 aliphatic rings. The largest absolute Gasteiger partial charge is 0.416 e. The highest BCUT2D eigenvalue weighted by Gasteiger charge is 2.31. The molecule has 0 amide bonds. The van der Waals surface area contributed by atoms with Crippen LogP contribution >= 0.6 is 11.8 Å². The predicted molar refractivity (Wildman–Crippen MR) is 76.9 cm³/mol. The maximum Gasteiger partial charge on any atom is 0.416 e. The van der Waals surface area contributed by atoms with Gasteiger partial charge in [0.25, 0.3) is 0 Å². The fraction of sp³-hybridized carbons (Fsp3) is 0.571. The van der Waals surface area contributed by atoms with Crippen LogP contribution in [0.25, 0.3) is 0 Å². The van der Waals surface area contributed by atoms with E-state index in [4.69, 9.17) is 0 Å². The topological polar surface area (TPSA) is 15.3 Å². The summed E-state index contributed by atoms with van der Waals surface area (Å²) >= 11 is 1.93. The molecule has 1 N–H and O–H groups in total. The van der Waals surface area contributed by atoms with Crippen LogP contribution in [0.1, 0.15) is 11.1 Å². The molecule has 0 aromatic heterocycles. The van der Waals surface area contributed by atoms with Crippen LogP contribution in [0.2, 0.25) is 0 Å². The summed E-state index contributed by atoms with van der Waals surface area (Å²) in [5, 5.41) is 3.07. The Hall–Kier alpha value is -0.790. The van der Waals surface area contributed by atoms with Gasteiger partial charge in [-0.3, -0.25) is 0 Å². The molecule has 1 aromatic carbocycles. The van der Waals surface area contributed by atoms with Gasteiger partial charge in [-0.2, -0.15) is 24.9 Å². The molecule has 1 heterocycles. The lowest BCUT2D eigenvalue weighted by Crippen LogP contribution is -2.37. The number of benzene rings is 1. The molecular weight excluding hydrogens is 304 g/mol. The molecule has 1 aromatic rings. The Morgan fingerprint density at radius 2 is 1.86 bits per heavy atom. The van der Waals surface area contributed by atoms with Crippen molar-refractivity contribution in [3.63, 3.8) is 0 Å². The summed E-state index contributed by atoms with van der Waals surface area (Å²) in [6.45, 7) is 3.88. The van der Waals surface area contributed by atoms with Crippen LogP contribution in [0, 0.1) is 5.82 Å². The van der Waals surface area contributed by atoms with Gasteiger partial charge in [-0.1, -0.05) is 0 Å². The Bertz CT molecular complexity index is 459. The number of hydrogen-bond donors (Lipinski definition) is 1. The lowest BCUT2D eigenvalue weighted by molar-refractivity contribution is -0.137. The van der Waals surface area contributed by atoms with Gasteiger partial charge in [0.15, 0.2) is 0 Å². The molecule has 2 rings (SSSR count). The van der Waals surface area contributed by atoms with E-state index in [2.05, 4.69) is 10.2 Å². The third-order valence-corrected chi connectivity index (χ3v) is 4.27. The van der Waals surface area contributed by atoms with E-state index >= 15 is 0 Å². The van der Waals surface area contributed by atoms with Gasteiger partial charge in [-0.05, 0) is 23.8 Å². The van der Waals surface area contributed by atoms with Gasteiger partial charge in [-0.15, -0.1) is 0 Å². The lowest BCUT2D eigenvalue weighted by Gasteiger charge is -2.26. The molecule has 0 atom stereocenters. The molecule has 0 aliphatic carbocycles. The number of hydrogen-bond acceptors (Lipinski definition) is 3. The second-order valence-electron chi connectivity index (χ2n) is 4.98. The fourth-order valence-corrected chi connectivity index (χ4v) is 3.19. The van der Waals surface area contributed by atoms with Crippen molar-refractivity contribution in [3.8, 4) is 0 Å². The number of alkyl halides is 3. The number of rotatable bonds is 5. The quantitative estimate of drug-likeness (QED) is 0.663.